The molecule has 0 bridgehead atoms. The van der Waals surface area contributed by atoms with E-state index in [2.05, 4.69) is 97.4 Å². The zero-order valence-electron chi connectivity index (χ0n) is 19.1. The van der Waals surface area contributed by atoms with Gasteiger partial charge in [-0.15, -0.1) is 0 Å². The van der Waals surface area contributed by atoms with Crippen LogP contribution >= 0.6 is 15.9 Å². The molecule has 2 saturated carbocycles. The Labute approximate surface area is 195 Å². The molecule has 5 atom stereocenters. The van der Waals surface area contributed by atoms with E-state index < -0.39 is 14.1 Å². The minimum atomic E-state index is -2.63. The molecule has 3 fully saturated rings. The normalized spacial score (nSPS) is 33.7. The van der Waals surface area contributed by atoms with Crippen molar-refractivity contribution in [2.45, 2.75) is 70.2 Å². The van der Waals surface area contributed by atoms with Crippen molar-refractivity contribution in [2.24, 2.45) is 11.3 Å². The molecule has 2 aliphatic carbocycles. The summed E-state index contributed by atoms with van der Waals surface area (Å²) in [6.45, 7) is 11.1. The van der Waals surface area contributed by atoms with Crippen molar-refractivity contribution >= 4 is 34.6 Å². The van der Waals surface area contributed by atoms with E-state index >= 15 is 0 Å². The van der Waals surface area contributed by atoms with E-state index in [0.29, 0.717) is 5.92 Å². The molecule has 1 aliphatic heterocycles. The first kappa shape index (κ1) is 21.8. The molecule has 0 radical (unpaired) electrons. The second-order valence-electron chi connectivity index (χ2n) is 10.9. The van der Waals surface area contributed by atoms with E-state index in [0.717, 1.165) is 11.8 Å². The molecule has 5 heteroatoms. The molecule has 31 heavy (non-hydrogen) atoms. The molecule has 2 aromatic carbocycles. The van der Waals surface area contributed by atoms with Gasteiger partial charge in [-0.1, -0.05) is 97.4 Å². The average molecular weight is 502 g/mol. The van der Waals surface area contributed by atoms with Gasteiger partial charge in [0.1, 0.15) is 6.10 Å². The molecule has 2 aromatic rings. The van der Waals surface area contributed by atoms with Gasteiger partial charge < -0.3 is 13.9 Å². The van der Waals surface area contributed by atoms with Gasteiger partial charge in [0.15, 0.2) is 5.79 Å². The second-order valence-corrected chi connectivity index (χ2v) is 15.8. The third-order valence-corrected chi connectivity index (χ3v) is 13.6. The van der Waals surface area contributed by atoms with Crippen LogP contribution in [0.4, 0.5) is 0 Å². The molecular formula is C26H33BrO3Si. The standard InChI is InChI=1S/C26H33BrO3Si/c1-24(2,3)31(18-12-8-6-9-13-18,19-14-10-7-11-15-19)30-21-20-16-26(20,17-27)23-22(21)28-25(4,5)29-23/h6-15,20-23H,16-17H2,1-5H3/t20-,21+,22+,23+,26+/m1/s1. The number of rotatable bonds is 5. The van der Waals surface area contributed by atoms with Crippen molar-refractivity contribution in [3.8, 4) is 0 Å². The summed E-state index contributed by atoms with van der Waals surface area (Å²) in [5.74, 6) is -0.0925. The molecule has 166 valence electrons. The summed E-state index contributed by atoms with van der Waals surface area (Å²) in [5.41, 5.74) is 0.133. The molecule has 0 spiro atoms. The first-order valence-electron chi connectivity index (χ1n) is 11.4. The number of ether oxygens (including phenoxy) is 2. The molecule has 0 amide bonds. The predicted octanol–water partition coefficient (Wildman–Crippen LogP) is 4.87. The van der Waals surface area contributed by atoms with Gasteiger partial charge in [0.05, 0.1) is 12.2 Å². The predicted molar refractivity (Wildman–Crippen MR) is 131 cm³/mol. The second kappa shape index (κ2) is 7.26. The van der Waals surface area contributed by atoms with Gasteiger partial charge in [0.2, 0.25) is 0 Å². The lowest BCUT2D eigenvalue weighted by atomic mass is 10.0. The highest BCUT2D eigenvalue weighted by Crippen LogP contribution is 2.69. The van der Waals surface area contributed by atoms with Gasteiger partial charge >= 0.3 is 0 Å². The summed E-state index contributed by atoms with van der Waals surface area (Å²) >= 11 is 3.80. The fourth-order valence-electron chi connectivity index (χ4n) is 6.10. The Kier molecular flexibility index (Phi) is 5.11. The van der Waals surface area contributed by atoms with Gasteiger partial charge in [-0.3, -0.25) is 0 Å². The van der Waals surface area contributed by atoms with E-state index in [-0.39, 0.29) is 28.8 Å². The summed E-state index contributed by atoms with van der Waals surface area (Å²) in [4.78, 5) is 0. The maximum absolute atomic E-state index is 7.54. The minimum absolute atomic E-state index is 0.0204. The largest absolute Gasteiger partial charge is 0.401 e. The van der Waals surface area contributed by atoms with Gasteiger partial charge in [-0.25, -0.2) is 0 Å². The highest BCUT2D eigenvalue weighted by Gasteiger charge is 2.76. The van der Waals surface area contributed by atoms with E-state index in [9.17, 15) is 0 Å². The van der Waals surface area contributed by atoms with Gasteiger partial charge in [0, 0.05) is 10.7 Å². The van der Waals surface area contributed by atoms with Crippen LogP contribution in [-0.2, 0) is 13.9 Å². The van der Waals surface area contributed by atoms with Gasteiger partial charge in [0.25, 0.3) is 8.32 Å². The van der Waals surface area contributed by atoms with Crippen molar-refractivity contribution < 1.29 is 13.9 Å². The Morgan fingerprint density at radius 2 is 1.52 bits per heavy atom. The monoisotopic (exact) mass is 500 g/mol. The van der Waals surface area contributed by atoms with Crippen LogP contribution in [0.3, 0.4) is 0 Å². The third kappa shape index (κ3) is 3.23. The molecule has 3 aliphatic rings. The average Bonchev–Trinajstić information content (AvgIpc) is 3.31. The highest BCUT2D eigenvalue weighted by atomic mass is 79.9. The maximum Gasteiger partial charge on any atom is 0.261 e. The Morgan fingerprint density at radius 3 is 2.00 bits per heavy atom. The number of hydrogen-bond acceptors (Lipinski definition) is 3. The van der Waals surface area contributed by atoms with Crippen molar-refractivity contribution in [2.75, 3.05) is 5.33 Å². The molecule has 0 aromatic heterocycles. The van der Waals surface area contributed by atoms with Crippen LogP contribution in [0.1, 0.15) is 41.0 Å². The lowest BCUT2D eigenvalue weighted by Crippen LogP contribution is -2.68. The lowest BCUT2D eigenvalue weighted by Gasteiger charge is -2.45. The van der Waals surface area contributed by atoms with E-state index in [1.807, 2.05) is 13.8 Å². The summed E-state index contributed by atoms with van der Waals surface area (Å²) in [7, 11) is -2.63. The van der Waals surface area contributed by atoms with Crippen LogP contribution in [0, 0.1) is 11.3 Å². The Bertz CT molecular complexity index is 903. The highest BCUT2D eigenvalue weighted by molar-refractivity contribution is 9.09. The van der Waals surface area contributed by atoms with Gasteiger partial charge in [-0.05, 0) is 41.6 Å². The minimum Gasteiger partial charge on any atom is -0.401 e. The zero-order valence-corrected chi connectivity index (χ0v) is 21.7. The topological polar surface area (TPSA) is 27.7 Å². The summed E-state index contributed by atoms with van der Waals surface area (Å²) < 4.78 is 20.5. The molecule has 5 rings (SSSR count). The Balaban J connectivity index is 1.64. The number of fused-ring (bicyclic) bond motifs is 3. The summed E-state index contributed by atoms with van der Waals surface area (Å²) in [5, 5.41) is 3.53. The quantitative estimate of drug-likeness (QED) is 0.433. The fourth-order valence-corrected chi connectivity index (χ4v) is 11.8. The van der Waals surface area contributed by atoms with Crippen LogP contribution in [0.5, 0.6) is 0 Å². The summed E-state index contributed by atoms with van der Waals surface area (Å²) in [6, 6.07) is 21.8. The van der Waals surface area contributed by atoms with Crippen molar-refractivity contribution in [1.82, 2.24) is 0 Å². The third-order valence-electron chi connectivity index (χ3n) is 7.57. The van der Waals surface area contributed by atoms with Crippen molar-refractivity contribution in [3.05, 3.63) is 60.7 Å². The van der Waals surface area contributed by atoms with E-state index in [1.165, 1.54) is 10.4 Å². The molecular weight excluding hydrogens is 468 g/mol. The Morgan fingerprint density at radius 1 is 0.968 bits per heavy atom. The fraction of sp³-hybridized carbons (Fsp3) is 0.538. The van der Waals surface area contributed by atoms with Crippen molar-refractivity contribution in [3.63, 3.8) is 0 Å². The first-order chi connectivity index (χ1) is 14.6. The molecule has 3 nitrogen and oxygen atoms in total. The number of hydrogen-bond donors (Lipinski definition) is 0. The number of benzene rings is 2. The molecule has 0 N–H and O–H groups in total. The first-order valence-corrected chi connectivity index (χ1v) is 14.4. The van der Waals surface area contributed by atoms with E-state index in [4.69, 9.17) is 13.9 Å². The van der Waals surface area contributed by atoms with Crippen LogP contribution < -0.4 is 10.4 Å². The van der Waals surface area contributed by atoms with Crippen LogP contribution in [0.2, 0.25) is 5.04 Å². The van der Waals surface area contributed by atoms with Crippen LogP contribution in [-0.4, -0.2) is 37.7 Å². The van der Waals surface area contributed by atoms with E-state index in [1.54, 1.807) is 0 Å². The van der Waals surface area contributed by atoms with Crippen molar-refractivity contribution in [1.29, 1.82) is 0 Å². The molecule has 1 saturated heterocycles. The number of alkyl halides is 1. The molecule has 1 heterocycles. The van der Waals surface area contributed by atoms with Crippen LogP contribution in [0.15, 0.2) is 60.7 Å². The number of halogens is 1. The summed E-state index contributed by atoms with van der Waals surface area (Å²) in [6.07, 6.45) is 1.25. The lowest BCUT2D eigenvalue weighted by molar-refractivity contribution is -0.165. The maximum atomic E-state index is 7.54. The Hall–Kier alpha value is -0.983. The SMILES string of the molecule is CC1(C)O[C@H]2[C@@H](O[Si](c3ccccc3)(c3ccccc3)C(C)(C)C)[C@H]3C[C@@]3(CBr)[C@H]2O1. The smallest absolute Gasteiger partial charge is 0.261 e. The molecule has 0 unspecified atom stereocenters. The van der Waals surface area contributed by atoms with Gasteiger partial charge in [-0.2, -0.15) is 0 Å². The zero-order chi connectivity index (χ0) is 22.1. The van der Waals surface area contributed by atoms with Crippen LogP contribution in [0.25, 0.3) is 0 Å².